The van der Waals surface area contributed by atoms with Crippen LogP contribution in [0, 0.1) is 0 Å². The molecule has 0 saturated carbocycles. The average Bonchev–Trinajstić information content (AvgIpc) is 2.38. The summed E-state index contributed by atoms with van der Waals surface area (Å²) in [5, 5.41) is 0. The van der Waals surface area contributed by atoms with Crippen LogP contribution < -0.4 is 4.90 Å². The number of hydrogen-bond acceptors (Lipinski definition) is 5. The number of carbonyl (C=O) groups is 2. The molecule has 0 bridgehead atoms. The van der Waals surface area contributed by atoms with Crippen LogP contribution in [0.3, 0.4) is 0 Å². The lowest BCUT2D eigenvalue weighted by Crippen LogP contribution is -2.36. The Bertz CT molecular complexity index is 447. The maximum absolute atomic E-state index is 11.7. The molecular weight excluding hydrogens is 222 g/mol. The number of carbonyl (C=O) groups excluding carboxylic acids is 2. The number of ether oxygens (including phenoxy) is 1. The van der Waals surface area contributed by atoms with Crippen LogP contribution in [0.15, 0.2) is 12.3 Å². The Labute approximate surface area is 98.6 Å². The van der Waals surface area contributed by atoms with Gasteiger partial charge in [-0.25, -0.2) is 14.8 Å². The Morgan fingerprint density at radius 2 is 2.29 bits per heavy atom. The molecule has 0 unspecified atom stereocenters. The van der Waals surface area contributed by atoms with Crippen molar-refractivity contribution in [3.63, 3.8) is 0 Å². The molecule has 90 valence electrons. The highest BCUT2D eigenvalue weighted by Crippen LogP contribution is 2.16. The summed E-state index contributed by atoms with van der Waals surface area (Å²) in [6.45, 7) is 0.601. The summed E-state index contributed by atoms with van der Waals surface area (Å²) in [4.78, 5) is 32.6. The second kappa shape index (κ2) is 4.90. The van der Waals surface area contributed by atoms with E-state index in [-0.39, 0.29) is 17.5 Å². The van der Waals surface area contributed by atoms with Crippen molar-refractivity contribution in [2.75, 3.05) is 18.6 Å². The fraction of sp³-hybridized carbons (Fsp3) is 0.455. The zero-order chi connectivity index (χ0) is 12.3. The quantitative estimate of drug-likeness (QED) is 0.708. The van der Waals surface area contributed by atoms with Crippen LogP contribution in [-0.2, 0) is 9.53 Å². The third-order valence-electron chi connectivity index (χ3n) is 2.60. The molecule has 2 rings (SSSR count). The summed E-state index contributed by atoms with van der Waals surface area (Å²) in [6.07, 6.45) is 3.78. The molecule has 0 radical (unpaired) electrons. The van der Waals surface area contributed by atoms with Crippen LogP contribution in [-0.4, -0.2) is 35.5 Å². The molecule has 1 saturated heterocycles. The van der Waals surface area contributed by atoms with Crippen LogP contribution in [0.25, 0.3) is 0 Å². The van der Waals surface area contributed by atoms with Crippen LogP contribution in [0.4, 0.5) is 5.95 Å². The molecule has 6 heteroatoms. The molecule has 6 nitrogen and oxygen atoms in total. The highest BCUT2D eigenvalue weighted by Gasteiger charge is 2.22. The standard InChI is InChI=1S/C11H13N3O3/c1-17-10(16)8-5-6-12-11(13-8)14-7-3-2-4-9(14)15/h5-6H,2-4,7H2,1H3. The molecule has 0 spiro atoms. The Balaban J connectivity index is 2.26. The van der Waals surface area contributed by atoms with Crippen molar-refractivity contribution in [1.29, 1.82) is 0 Å². The lowest BCUT2D eigenvalue weighted by molar-refractivity contribution is -0.119. The summed E-state index contributed by atoms with van der Waals surface area (Å²) in [5.41, 5.74) is 0.163. The van der Waals surface area contributed by atoms with E-state index in [4.69, 9.17) is 0 Å². The number of piperidine rings is 1. The number of aromatic nitrogens is 2. The number of anilines is 1. The fourth-order valence-electron chi connectivity index (χ4n) is 1.71. The number of esters is 1. The first-order chi connectivity index (χ1) is 8.22. The molecule has 1 aliphatic heterocycles. The van der Waals surface area contributed by atoms with E-state index in [1.807, 2.05) is 0 Å². The topological polar surface area (TPSA) is 72.4 Å². The van der Waals surface area contributed by atoms with Crippen molar-refractivity contribution in [1.82, 2.24) is 9.97 Å². The Kier molecular flexibility index (Phi) is 3.32. The van der Waals surface area contributed by atoms with Crippen LogP contribution in [0.1, 0.15) is 29.8 Å². The average molecular weight is 235 g/mol. The Morgan fingerprint density at radius 1 is 1.47 bits per heavy atom. The molecule has 1 amide bonds. The van der Waals surface area contributed by atoms with Crippen molar-refractivity contribution in [3.8, 4) is 0 Å². The minimum atomic E-state index is -0.530. The molecule has 1 aromatic heterocycles. The summed E-state index contributed by atoms with van der Waals surface area (Å²) in [7, 11) is 1.29. The van der Waals surface area contributed by atoms with Gasteiger partial charge in [0.25, 0.3) is 0 Å². The van der Waals surface area contributed by atoms with Gasteiger partial charge in [0.2, 0.25) is 11.9 Å². The van der Waals surface area contributed by atoms with Crippen molar-refractivity contribution in [2.24, 2.45) is 0 Å². The van der Waals surface area contributed by atoms with Crippen LogP contribution in [0.2, 0.25) is 0 Å². The monoisotopic (exact) mass is 235 g/mol. The molecular formula is C11H13N3O3. The minimum absolute atomic E-state index is 0.00161. The van der Waals surface area contributed by atoms with E-state index in [0.29, 0.717) is 13.0 Å². The Morgan fingerprint density at radius 3 is 3.00 bits per heavy atom. The van der Waals surface area contributed by atoms with Gasteiger partial charge >= 0.3 is 5.97 Å². The summed E-state index contributed by atoms with van der Waals surface area (Å²) in [6, 6.07) is 1.46. The predicted octanol–water partition coefficient (Wildman–Crippen LogP) is 0.780. The maximum atomic E-state index is 11.7. The molecule has 1 fully saturated rings. The number of methoxy groups -OCH3 is 1. The van der Waals surface area contributed by atoms with E-state index in [1.54, 1.807) is 0 Å². The lowest BCUT2D eigenvalue weighted by atomic mass is 10.1. The number of amides is 1. The first-order valence-electron chi connectivity index (χ1n) is 5.44. The first kappa shape index (κ1) is 11.5. The van der Waals surface area contributed by atoms with E-state index >= 15 is 0 Å². The molecule has 1 aliphatic rings. The van der Waals surface area contributed by atoms with Crippen molar-refractivity contribution in [2.45, 2.75) is 19.3 Å². The third-order valence-corrected chi connectivity index (χ3v) is 2.60. The van der Waals surface area contributed by atoms with E-state index < -0.39 is 5.97 Å². The zero-order valence-corrected chi connectivity index (χ0v) is 9.55. The van der Waals surface area contributed by atoms with Gasteiger partial charge in [-0.2, -0.15) is 0 Å². The van der Waals surface area contributed by atoms with Crippen molar-refractivity contribution in [3.05, 3.63) is 18.0 Å². The third kappa shape index (κ3) is 2.41. The highest BCUT2D eigenvalue weighted by molar-refractivity contribution is 5.93. The fourth-order valence-corrected chi connectivity index (χ4v) is 1.71. The summed E-state index contributed by atoms with van der Waals surface area (Å²) in [5.74, 6) is -0.256. The molecule has 17 heavy (non-hydrogen) atoms. The van der Waals surface area contributed by atoms with Crippen LogP contribution >= 0.6 is 0 Å². The largest absolute Gasteiger partial charge is 0.464 e. The van der Waals surface area contributed by atoms with E-state index in [0.717, 1.165) is 12.8 Å². The van der Waals surface area contributed by atoms with Gasteiger partial charge < -0.3 is 4.74 Å². The van der Waals surface area contributed by atoms with Crippen molar-refractivity contribution >= 4 is 17.8 Å². The van der Waals surface area contributed by atoms with Gasteiger partial charge in [-0.05, 0) is 18.9 Å². The van der Waals surface area contributed by atoms with Crippen molar-refractivity contribution < 1.29 is 14.3 Å². The van der Waals surface area contributed by atoms with Gasteiger partial charge in [0.15, 0.2) is 5.69 Å². The molecule has 1 aromatic rings. The van der Waals surface area contributed by atoms with E-state index in [1.165, 1.54) is 24.3 Å². The second-order valence-electron chi connectivity index (χ2n) is 3.74. The smallest absolute Gasteiger partial charge is 0.356 e. The van der Waals surface area contributed by atoms with E-state index in [9.17, 15) is 9.59 Å². The first-order valence-corrected chi connectivity index (χ1v) is 5.44. The second-order valence-corrected chi connectivity index (χ2v) is 3.74. The zero-order valence-electron chi connectivity index (χ0n) is 9.55. The number of hydrogen-bond donors (Lipinski definition) is 0. The summed E-state index contributed by atoms with van der Waals surface area (Å²) >= 11 is 0. The highest BCUT2D eigenvalue weighted by atomic mass is 16.5. The van der Waals surface area contributed by atoms with Gasteiger partial charge in [0.1, 0.15) is 0 Å². The molecule has 2 heterocycles. The Hall–Kier alpha value is -1.98. The molecule has 0 aliphatic carbocycles. The molecule has 0 atom stereocenters. The SMILES string of the molecule is COC(=O)c1ccnc(N2CCCCC2=O)n1. The number of rotatable bonds is 2. The maximum Gasteiger partial charge on any atom is 0.356 e. The van der Waals surface area contributed by atoms with E-state index in [2.05, 4.69) is 14.7 Å². The molecule has 0 N–H and O–H groups in total. The lowest BCUT2D eigenvalue weighted by Gasteiger charge is -2.24. The normalized spacial score (nSPS) is 15.8. The van der Waals surface area contributed by atoms with Crippen LogP contribution in [0.5, 0.6) is 0 Å². The van der Waals surface area contributed by atoms with Gasteiger partial charge in [-0.3, -0.25) is 9.69 Å². The molecule has 0 aromatic carbocycles. The van der Waals surface area contributed by atoms with Gasteiger partial charge in [-0.15, -0.1) is 0 Å². The predicted molar refractivity (Wildman–Crippen MR) is 59.6 cm³/mol. The van der Waals surface area contributed by atoms with Gasteiger partial charge in [0.05, 0.1) is 7.11 Å². The van der Waals surface area contributed by atoms with Gasteiger partial charge in [0, 0.05) is 19.2 Å². The summed E-state index contributed by atoms with van der Waals surface area (Å²) < 4.78 is 4.57. The number of nitrogens with zero attached hydrogens (tertiary/aromatic N) is 3. The minimum Gasteiger partial charge on any atom is -0.464 e. The van der Waals surface area contributed by atoms with Gasteiger partial charge in [-0.1, -0.05) is 0 Å².